The van der Waals surface area contributed by atoms with Gasteiger partial charge in [-0.05, 0) is 51.3 Å². The van der Waals surface area contributed by atoms with E-state index < -0.39 is 11.0 Å². The highest BCUT2D eigenvalue weighted by Crippen LogP contribution is 2.26. The Bertz CT molecular complexity index is 738. The van der Waals surface area contributed by atoms with Crippen LogP contribution in [0, 0.1) is 10.1 Å². The van der Waals surface area contributed by atoms with E-state index in [0.29, 0.717) is 25.4 Å². The maximum atomic E-state index is 12.2. The summed E-state index contributed by atoms with van der Waals surface area (Å²) in [5.41, 5.74) is 1.22. The number of rotatable bonds is 9. The lowest BCUT2D eigenvalue weighted by molar-refractivity contribution is -0.384. The topological polar surface area (TPSA) is 106 Å². The van der Waals surface area contributed by atoms with Gasteiger partial charge in [0.25, 0.3) is 5.69 Å². The number of anilines is 1. The maximum absolute atomic E-state index is 12.2. The molecule has 1 aromatic carbocycles. The Morgan fingerprint density at radius 3 is 2.87 bits per heavy atom. The van der Waals surface area contributed by atoms with E-state index >= 15 is 0 Å². The third-order valence-corrected chi connectivity index (χ3v) is 5.67. The summed E-state index contributed by atoms with van der Waals surface area (Å²) in [5, 5.41) is 17.8. The molecule has 0 bridgehead atoms. The van der Waals surface area contributed by atoms with Crippen LogP contribution in [-0.2, 0) is 20.8 Å². The number of nitrogens with zero attached hydrogens (tertiary/aromatic N) is 2. The molecule has 2 aliphatic rings. The van der Waals surface area contributed by atoms with E-state index in [-0.39, 0.29) is 23.9 Å². The third-order valence-electron chi connectivity index (χ3n) is 5.67. The highest BCUT2D eigenvalue weighted by Gasteiger charge is 2.23. The Labute approximate surface area is 177 Å². The number of benzene rings is 1. The summed E-state index contributed by atoms with van der Waals surface area (Å²) >= 11 is 0. The van der Waals surface area contributed by atoms with E-state index in [9.17, 15) is 14.9 Å². The Morgan fingerprint density at radius 1 is 1.40 bits per heavy atom. The fourth-order valence-corrected chi connectivity index (χ4v) is 3.83. The zero-order valence-corrected chi connectivity index (χ0v) is 17.8. The van der Waals surface area contributed by atoms with Crippen molar-refractivity contribution in [2.75, 3.05) is 38.6 Å². The molecule has 30 heavy (non-hydrogen) atoms. The molecule has 2 atom stereocenters. The van der Waals surface area contributed by atoms with Crippen LogP contribution in [0.2, 0.25) is 0 Å². The van der Waals surface area contributed by atoms with E-state index in [1.54, 1.807) is 13.0 Å². The fraction of sp³-hybridized carbons (Fsp3) is 0.667. The van der Waals surface area contributed by atoms with Gasteiger partial charge in [0.2, 0.25) is 0 Å². The summed E-state index contributed by atoms with van der Waals surface area (Å²) in [5.74, 6) is -0.271. The van der Waals surface area contributed by atoms with Gasteiger partial charge in [-0.3, -0.25) is 14.9 Å². The number of esters is 1. The molecule has 2 N–H and O–H groups in total. The highest BCUT2D eigenvalue weighted by molar-refractivity contribution is 5.75. The summed E-state index contributed by atoms with van der Waals surface area (Å²) < 4.78 is 11.2. The lowest BCUT2D eigenvalue weighted by atomic mass is 10.1. The molecule has 1 aliphatic heterocycles. The average molecular weight is 421 g/mol. The SMILES string of the molecule is CC(NCc1ccc(NCC2CN(C)CCO2)c([N+](=O)[O-])c1)C(=O)OC1CCCC1. The summed E-state index contributed by atoms with van der Waals surface area (Å²) in [6, 6.07) is 4.61. The van der Waals surface area contributed by atoms with Crippen molar-refractivity contribution in [1.29, 1.82) is 0 Å². The molecule has 2 unspecified atom stereocenters. The zero-order chi connectivity index (χ0) is 21.5. The van der Waals surface area contributed by atoms with Gasteiger partial charge in [0.05, 0.1) is 17.6 Å². The molecule has 3 rings (SSSR count). The average Bonchev–Trinajstić information content (AvgIpc) is 3.23. The predicted octanol–water partition coefficient (Wildman–Crippen LogP) is 2.30. The van der Waals surface area contributed by atoms with Crippen LogP contribution < -0.4 is 10.6 Å². The summed E-state index contributed by atoms with van der Waals surface area (Å²) in [7, 11) is 2.03. The molecule has 0 amide bonds. The molecule has 1 saturated heterocycles. The number of carbonyl (C=O) groups is 1. The molecule has 1 aromatic rings. The Balaban J connectivity index is 1.53. The molecule has 0 radical (unpaired) electrons. The van der Waals surface area contributed by atoms with Crippen LogP contribution in [0.3, 0.4) is 0 Å². The van der Waals surface area contributed by atoms with Gasteiger partial charge in [0.1, 0.15) is 17.8 Å². The highest BCUT2D eigenvalue weighted by atomic mass is 16.6. The van der Waals surface area contributed by atoms with Crippen LogP contribution in [-0.4, -0.2) is 67.3 Å². The molecule has 0 spiro atoms. The number of likely N-dealkylation sites (N-methyl/N-ethyl adjacent to an activating group) is 1. The Kier molecular flexibility index (Phi) is 8.01. The van der Waals surface area contributed by atoms with Crippen molar-refractivity contribution >= 4 is 17.3 Å². The van der Waals surface area contributed by atoms with Gasteiger partial charge in [-0.2, -0.15) is 0 Å². The lowest BCUT2D eigenvalue weighted by Crippen LogP contribution is -2.43. The molecular weight excluding hydrogens is 388 g/mol. The number of morpholine rings is 1. The number of nitro groups is 1. The van der Waals surface area contributed by atoms with Crippen molar-refractivity contribution in [1.82, 2.24) is 10.2 Å². The molecule has 1 aliphatic carbocycles. The second kappa shape index (κ2) is 10.7. The zero-order valence-electron chi connectivity index (χ0n) is 17.8. The van der Waals surface area contributed by atoms with Crippen molar-refractivity contribution in [3.63, 3.8) is 0 Å². The van der Waals surface area contributed by atoms with Gasteiger partial charge in [0, 0.05) is 32.2 Å². The van der Waals surface area contributed by atoms with Gasteiger partial charge in [-0.15, -0.1) is 0 Å². The first-order chi connectivity index (χ1) is 14.4. The predicted molar refractivity (Wildman–Crippen MR) is 113 cm³/mol. The van der Waals surface area contributed by atoms with Crippen LogP contribution in [0.5, 0.6) is 0 Å². The van der Waals surface area contributed by atoms with Crippen molar-refractivity contribution in [3.8, 4) is 0 Å². The first-order valence-electron chi connectivity index (χ1n) is 10.7. The minimum absolute atomic E-state index is 0.00331. The van der Waals surface area contributed by atoms with Crippen molar-refractivity contribution < 1.29 is 19.2 Å². The van der Waals surface area contributed by atoms with Crippen LogP contribution in [0.4, 0.5) is 11.4 Å². The van der Waals surface area contributed by atoms with Crippen molar-refractivity contribution in [2.45, 2.75) is 57.4 Å². The first kappa shape index (κ1) is 22.5. The van der Waals surface area contributed by atoms with Crippen LogP contribution >= 0.6 is 0 Å². The van der Waals surface area contributed by atoms with Gasteiger partial charge in [0.15, 0.2) is 0 Å². The van der Waals surface area contributed by atoms with Gasteiger partial charge in [-0.25, -0.2) is 0 Å². The van der Waals surface area contributed by atoms with Crippen molar-refractivity contribution in [2.24, 2.45) is 0 Å². The van der Waals surface area contributed by atoms with E-state index in [2.05, 4.69) is 15.5 Å². The minimum Gasteiger partial charge on any atom is -0.461 e. The number of hydrogen-bond acceptors (Lipinski definition) is 8. The number of carbonyl (C=O) groups excluding carboxylic acids is 1. The van der Waals surface area contributed by atoms with Crippen LogP contribution in [0.1, 0.15) is 38.2 Å². The molecular formula is C21H32N4O5. The standard InChI is InChI=1S/C21H32N4O5/c1-15(21(26)30-17-5-3-4-6-17)22-12-16-7-8-19(20(11-16)25(27)28)23-13-18-14-24(2)9-10-29-18/h7-8,11,15,17-18,22-23H,3-6,9-10,12-14H2,1-2H3. The Hall–Kier alpha value is -2.23. The van der Waals surface area contributed by atoms with E-state index in [1.807, 2.05) is 13.1 Å². The second-order valence-corrected chi connectivity index (χ2v) is 8.19. The number of ether oxygens (including phenoxy) is 2. The number of nitro benzene ring substituents is 1. The van der Waals surface area contributed by atoms with Crippen LogP contribution in [0.15, 0.2) is 18.2 Å². The number of hydrogen-bond donors (Lipinski definition) is 2. The van der Waals surface area contributed by atoms with Crippen LogP contribution in [0.25, 0.3) is 0 Å². The van der Waals surface area contributed by atoms with Gasteiger partial charge in [-0.1, -0.05) is 6.07 Å². The maximum Gasteiger partial charge on any atom is 0.323 e. The summed E-state index contributed by atoms with van der Waals surface area (Å²) in [6.45, 7) is 4.95. The summed E-state index contributed by atoms with van der Waals surface area (Å²) in [6.07, 6.45) is 4.10. The third kappa shape index (κ3) is 6.38. The smallest absolute Gasteiger partial charge is 0.323 e. The monoisotopic (exact) mass is 420 g/mol. The normalized spacial score (nSPS) is 21.3. The minimum atomic E-state index is -0.470. The lowest BCUT2D eigenvalue weighted by Gasteiger charge is -2.30. The Morgan fingerprint density at radius 2 is 2.17 bits per heavy atom. The molecule has 1 heterocycles. The molecule has 9 heteroatoms. The fourth-order valence-electron chi connectivity index (χ4n) is 3.83. The number of nitrogens with one attached hydrogen (secondary N) is 2. The molecule has 1 saturated carbocycles. The van der Waals surface area contributed by atoms with E-state index in [0.717, 1.165) is 44.3 Å². The molecule has 0 aromatic heterocycles. The molecule has 9 nitrogen and oxygen atoms in total. The quantitative estimate of drug-likeness (QED) is 0.356. The van der Waals surface area contributed by atoms with E-state index in [1.165, 1.54) is 6.07 Å². The summed E-state index contributed by atoms with van der Waals surface area (Å²) in [4.78, 5) is 25.5. The first-order valence-corrected chi connectivity index (χ1v) is 10.7. The molecule has 166 valence electrons. The second-order valence-electron chi connectivity index (χ2n) is 8.19. The van der Waals surface area contributed by atoms with Gasteiger partial charge < -0.3 is 25.0 Å². The van der Waals surface area contributed by atoms with E-state index in [4.69, 9.17) is 9.47 Å². The largest absolute Gasteiger partial charge is 0.461 e. The van der Waals surface area contributed by atoms with Gasteiger partial charge >= 0.3 is 5.97 Å². The van der Waals surface area contributed by atoms with Crippen molar-refractivity contribution in [3.05, 3.63) is 33.9 Å². The molecule has 2 fully saturated rings.